The summed E-state index contributed by atoms with van der Waals surface area (Å²) in [6, 6.07) is 19.7. The van der Waals surface area contributed by atoms with Gasteiger partial charge in [-0.25, -0.2) is 4.79 Å². The highest BCUT2D eigenvalue weighted by molar-refractivity contribution is 5.87. The minimum atomic E-state index is -0.871. The van der Waals surface area contributed by atoms with Crippen molar-refractivity contribution in [3.63, 3.8) is 0 Å². The lowest BCUT2D eigenvalue weighted by Gasteiger charge is -2.30. The van der Waals surface area contributed by atoms with E-state index in [9.17, 15) is 4.79 Å². The largest absolute Gasteiger partial charge is 0.478 e. The van der Waals surface area contributed by atoms with Crippen LogP contribution < -0.4 is 10.6 Å². The number of rotatable bonds is 9. The number of carboxylic acids is 1. The van der Waals surface area contributed by atoms with E-state index in [0.29, 0.717) is 35.5 Å². The second-order valence-corrected chi connectivity index (χ2v) is 9.76. The van der Waals surface area contributed by atoms with E-state index in [1.54, 1.807) is 17.7 Å². The molecule has 6 heteroatoms. The summed E-state index contributed by atoms with van der Waals surface area (Å²) in [6.45, 7) is 5.43. The van der Waals surface area contributed by atoms with Gasteiger partial charge in [-0.15, -0.1) is 24.8 Å². The van der Waals surface area contributed by atoms with Crippen LogP contribution in [0, 0.1) is 11.8 Å². The number of nitrogens with one attached hydrogen (secondary N) is 2. The van der Waals surface area contributed by atoms with Crippen LogP contribution in [0.15, 0.2) is 60.2 Å². The van der Waals surface area contributed by atoms with Crippen LogP contribution in [0.3, 0.4) is 0 Å². The van der Waals surface area contributed by atoms with Gasteiger partial charge in [-0.05, 0) is 67.2 Å². The molecule has 0 heterocycles. The number of carbonyl (C=O) groups is 1. The van der Waals surface area contributed by atoms with Gasteiger partial charge in [-0.1, -0.05) is 68.0 Å². The molecule has 2 aromatic rings. The maximum Gasteiger partial charge on any atom is 0.335 e. The van der Waals surface area contributed by atoms with Crippen molar-refractivity contribution in [2.24, 2.45) is 11.8 Å². The van der Waals surface area contributed by atoms with Crippen LogP contribution in [0.2, 0.25) is 0 Å². The number of benzene rings is 2. The fraction of sp³-hybridized carbons (Fsp3) is 0.464. The van der Waals surface area contributed by atoms with E-state index in [2.05, 4.69) is 60.9 Å². The normalized spacial score (nSPS) is 24.1. The van der Waals surface area contributed by atoms with Crippen LogP contribution in [0.25, 0.3) is 6.08 Å². The highest BCUT2D eigenvalue weighted by Gasteiger charge is 2.41. The molecule has 2 aromatic carbocycles. The summed E-state index contributed by atoms with van der Waals surface area (Å²) < 4.78 is 0. The molecule has 0 aliphatic heterocycles. The van der Waals surface area contributed by atoms with E-state index in [1.165, 1.54) is 37.7 Å². The molecule has 2 saturated carbocycles. The standard InChI is InChI=1S/C28H36N2O2.2ClH/c1-19(2)25(16-20-6-4-3-5-7-20)26-17-27(26)30-24-14-12-23(13-15-24)29-18-21-8-10-22(11-9-21)28(31)32;;/h3-11,16,19,23-24,26-27,29-30H,12-15,17-18H2,1-2H3,(H,31,32);2*1H/b25-16+;;/t23-,24-,26-,27+;;/m0../s1. The maximum absolute atomic E-state index is 11.0. The lowest BCUT2D eigenvalue weighted by atomic mass is 9.90. The Hall–Kier alpha value is -1.85. The molecule has 0 aromatic heterocycles. The monoisotopic (exact) mass is 504 g/mol. The Morgan fingerprint density at radius 3 is 2.18 bits per heavy atom. The minimum absolute atomic E-state index is 0. The molecule has 4 nitrogen and oxygen atoms in total. The summed E-state index contributed by atoms with van der Waals surface area (Å²) in [7, 11) is 0. The molecule has 2 fully saturated rings. The average molecular weight is 506 g/mol. The third kappa shape index (κ3) is 7.84. The van der Waals surface area contributed by atoms with Crippen molar-refractivity contribution < 1.29 is 9.90 Å². The highest BCUT2D eigenvalue weighted by atomic mass is 35.5. The van der Waals surface area contributed by atoms with Gasteiger partial charge < -0.3 is 15.7 Å². The third-order valence-electron chi connectivity index (χ3n) is 6.99. The van der Waals surface area contributed by atoms with Crippen molar-refractivity contribution in [3.05, 3.63) is 76.9 Å². The second kappa shape index (κ2) is 13.3. The van der Waals surface area contributed by atoms with Gasteiger partial charge in [0.1, 0.15) is 0 Å². The van der Waals surface area contributed by atoms with Crippen molar-refractivity contribution in [2.45, 2.75) is 70.6 Å². The summed E-state index contributed by atoms with van der Waals surface area (Å²) in [5.41, 5.74) is 4.38. The van der Waals surface area contributed by atoms with Gasteiger partial charge in [0.05, 0.1) is 5.56 Å². The minimum Gasteiger partial charge on any atom is -0.478 e. The first-order valence-electron chi connectivity index (χ1n) is 12.1. The second-order valence-electron chi connectivity index (χ2n) is 9.76. The Balaban J connectivity index is 0.00000204. The highest BCUT2D eigenvalue weighted by Crippen LogP contribution is 2.42. The van der Waals surface area contributed by atoms with Crippen LogP contribution in [0.5, 0.6) is 0 Å². The summed E-state index contributed by atoms with van der Waals surface area (Å²) in [4.78, 5) is 11.0. The first-order chi connectivity index (χ1) is 15.5. The van der Waals surface area contributed by atoms with Crippen LogP contribution in [0.4, 0.5) is 0 Å². The van der Waals surface area contributed by atoms with Crippen LogP contribution in [-0.4, -0.2) is 29.2 Å². The quantitative estimate of drug-likeness (QED) is 0.372. The van der Waals surface area contributed by atoms with Crippen molar-refractivity contribution in [1.82, 2.24) is 10.6 Å². The molecule has 3 N–H and O–H groups in total. The molecule has 0 radical (unpaired) electrons. The van der Waals surface area contributed by atoms with Gasteiger partial charge in [0, 0.05) is 24.7 Å². The van der Waals surface area contributed by atoms with Gasteiger partial charge in [0.25, 0.3) is 0 Å². The molecule has 4 rings (SSSR count). The number of hydrogen-bond donors (Lipinski definition) is 3. The zero-order chi connectivity index (χ0) is 22.5. The average Bonchev–Trinajstić information content (AvgIpc) is 3.56. The fourth-order valence-electron chi connectivity index (χ4n) is 4.99. The molecular weight excluding hydrogens is 467 g/mol. The Morgan fingerprint density at radius 2 is 1.59 bits per heavy atom. The van der Waals surface area contributed by atoms with Crippen molar-refractivity contribution >= 4 is 36.9 Å². The summed E-state index contributed by atoms with van der Waals surface area (Å²) in [5, 5.41) is 16.6. The Morgan fingerprint density at radius 1 is 0.971 bits per heavy atom. The van der Waals surface area contributed by atoms with Crippen molar-refractivity contribution in [2.75, 3.05) is 0 Å². The number of carboxylic acid groups (broad SMARTS) is 1. The SMILES string of the molecule is CC(C)/C(=C\c1ccccc1)[C@@H]1C[C@H]1N[C@H]1CC[C@H](NCc2ccc(C(=O)O)cc2)CC1.Cl.Cl. The Bertz CT molecular complexity index is 923. The zero-order valence-electron chi connectivity index (χ0n) is 20.1. The maximum atomic E-state index is 11.0. The number of hydrogen-bond acceptors (Lipinski definition) is 3. The van der Waals surface area contributed by atoms with Gasteiger partial charge in [-0.3, -0.25) is 0 Å². The Kier molecular flexibility index (Phi) is 11.1. The van der Waals surface area contributed by atoms with Crippen molar-refractivity contribution in [3.8, 4) is 0 Å². The topological polar surface area (TPSA) is 61.4 Å². The fourth-order valence-corrected chi connectivity index (χ4v) is 4.99. The van der Waals surface area contributed by atoms with E-state index in [4.69, 9.17) is 5.11 Å². The van der Waals surface area contributed by atoms with Gasteiger partial charge in [-0.2, -0.15) is 0 Å². The number of halogens is 2. The molecule has 2 aliphatic carbocycles. The summed E-state index contributed by atoms with van der Waals surface area (Å²) in [5.74, 6) is 0.389. The molecular formula is C28H38Cl2N2O2. The molecule has 0 saturated heterocycles. The summed E-state index contributed by atoms with van der Waals surface area (Å²) >= 11 is 0. The van der Waals surface area contributed by atoms with E-state index in [1.807, 2.05) is 12.1 Å². The first kappa shape index (κ1) is 28.4. The summed E-state index contributed by atoms with van der Waals surface area (Å²) in [6.07, 6.45) is 8.50. The van der Waals surface area contributed by atoms with E-state index in [0.717, 1.165) is 12.1 Å². The predicted molar refractivity (Wildman–Crippen MR) is 145 cm³/mol. The molecule has 186 valence electrons. The molecule has 34 heavy (non-hydrogen) atoms. The van der Waals surface area contributed by atoms with Crippen molar-refractivity contribution in [1.29, 1.82) is 0 Å². The van der Waals surface area contributed by atoms with E-state index < -0.39 is 5.97 Å². The molecule has 0 amide bonds. The molecule has 0 spiro atoms. The van der Waals surface area contributed by atoms with Crippen LogP contribution in [-0.2, 0) is 6.54 Å². The lowest BCUT2D eigenvalue weighted by Crippen LogP contribution is -2.41. The molecule has 0 bridgehead atoms. The first-order valence-corrected chi connectivity index (χ1v) is 12.1. The van der Waals surface area contributed by atoms with Crippen LogP contribution in [0.1, 0.15) is 67.4 Å². The molecule has 2 atom stereocenters. The predicted octanol–water partition coefficient (Wildman–Crippen LogP) is 6.35. The number of aromatic carboxylic acids is 1. The molecule has 2 aliphatic rings. The van der Waals surface area contributed by atoms with Crippen LogP contribution >= 0.6 is 24.8 Å². The third-order valence-corrected chi connectivity index (χ3v) is 6.99. The van der Waals surface area contributed by atoms with E-state index in [-0.39, 0.29) is 24.8 Å². The van der Waals surface area contributed by atoms with E-state index >= 15 is 0 Å². The smallest absolute Gasteiger partial charge is 0.335 e. The molecule has 0 unspecified atom stereocenters. The van der Waals surface area contributed by atoms with Gasteiger partial charge in [0.15, 0.2) is 0 Å². The Labute approximate surface area is 216 Å². The van der Waals surface area contributed by atoms with Gasteiger partial charge in [0.2, 0.25) is 0 Å². The zero-order valence-corrected chi connectivity index (χ0v) is 21.7. The van der Waals surface area contributed by atoms with Gasteiger partial charge >= 0.3 is 5.97 Å². The lowest BCUT2D eigenvalue weighted by molar-refractivity contribution is 0.0697.